The van der Waals surface area contributed by atoms with E-state index >= 15 is 0 Å². The van der Waals surface area contributed by atoms with E-state index in [1.807, 2.05) is 0 Å². The van der Waals surface area contributed by atoms with Gasteiger partial charge in [-0.3, -0.25) is 4.79 Å². The minimum atomic E-state index is -3.53. The SMILES string of the molecule is O=C1CCc2cc(S(=O)(=O)N3CCC(n4cncn4)CC3)ccc2N1. The zero-order valence-corrected chi connectivity index (χ0v) is 14.4. The molecule has 8 nitrogen and oxygen atoms in total. The fourth-order valence-corrected chi connectivity index (χ4v) is 4.94. The fourth-order valence-electron chi connectivity index (χ4n) is 3.42. The summed E-state index contributed by atoms with van der Waals surface area (Å²) in [6.45, 7) is 0.918. The topological polar surface area (TPSA) is 97.2 Å². The molecule has 0 atom stereocenters. The number of rotatable bonds is 3. The van der Waals surface area contributed by atoms with Crippen molar-refractivity contribution in [2.24, 2.45) is 0 Å². The normalized spacial score (nSPS) is 19.4. The van der Waals surface area contributed by atoms with Crippen LogP contribution in [0.4, 0.5) is 5.69 Å². The Balaban J connectivity index is 1.51. The van der Waals surface area contributed by atoms with Crippen LogP contribution in [0.25, 0.3) is 0 Å². The Morgan fingerprint density at radius 1 is 1.16 bits per heavy atom. The molecule has 1 amide bonds. The molecular formula is C16H19N5O3S. The lowest BCUT2D eigenvalue weighted by Crippen LogP contribution is -2.39. The van der Waals surface area contributed by atoms with Crippen molar-refractivity contribution in [1.82, 2.24) is 19.1 Å². The van der Waals surface area contributed by atoms with Crippen LogP contribution in [0.5, 0.6) is 0 Å². The number of aryl methyl sites for hydroxylation is 1. The Morgan fingerprint density at radius 2 is 1.96 bits per heavy atom. The van der Waals surface area contributed by atoms with E-state index in [0.29, 0.717) is 49.4 Å². The van der Waals surface area contributed by atoms with Crippen molar-refractivity contribution in [2.75, 3.05) is 18.4 Å². The molecule has 0 saturated carbocycles. The quantitative estimate of drug-likeness (QED) is 0.886. The monoisotopic (exact) mass is 361 g/mol. The first-order valence-electron chi connectivity index (χ1n) is 8.31. The number of fused-ring (bicyclic) bond motifs is 1. The molecule has 2 aromatic rings. The first-order valence-corrected chi connectivity index (χ1v) is 9.75. The molecule has 2 aliphatic rings. The van der Waals surface area contributed by atoms with Gasteiger partial charge in [-0.15, -0.1) is 0 Å². The number of nitrogens with zero attached hydrogens (tertiary/aromatic N) is 4. The van der Waals surface area contributed by atoms with Crippen LogP contribution in [0.15, 0.2) is 35.7 Å². The molecule has 4 rings (SSSR count). The number of hydrogen-bond acceptors (Lipinski definition) is 5. The number of hydrogen-bond donors (Lipinski definition) is 1. The van der Waals surface area contributed by atoms with Crippen molar-refractivity contribution >= 4 is 21.6 Å². The first kappa shape index (κ1) is 16.2. The fraction of sp³-hybridized carbons (Fsp3) is 0.438. The number of sulfonamides is 1. The molecule has 3 heterocycles. The number of anilines is 1. The maximum absolute atomic E-state index is 12.9. The molecule has 0 spiro atoms. The third-order valence-corrected chi connectivity index (χ3v) is 6.74. The summed E-state index contributed by atoms with van der Waals surface area (Å²) in [4.78, 5) is 15.7. The molecule has 2 aliphatic heterocycles. The van der Waals surface area contributed by atoms with Gasteiger partial charge in [0.1, 0.15) is 12.7 Å². The van der Waals surface area contributed by atoms with E-state index < -0.39 is 10.0 Å². The van der Waals surface area contributed by atoms with Crippen molar-refractivity contribution in [2.45, 2.75) is 36.6 Å². The first-order chi connectivity index (χ1) is 12.0. The number of carbonyl (C=O) groups excluding carboxylic acids is 1. The Kier molecular flexibility index (Phi) is 4.04. The molecular weight excluding hydrogens is 342 g/mol. The van der Waals surface area contributed by atoms with Gasteiger partial charge < -0.3 is 5.32 Å². The van der Waals surface area contributed by atoms with Crippen LogP contribution >= 0.6 is 0 Å². The van der Waals surface area contributed by atoms with E-state index in [0.717, 1.165) is 5.56 Å². The minimum absolute atomic E-state index is 0.0294. The standard InChI is InChI=1S/C16H19N5O3S/c22-16-4-1-12-9-14(2-3-15(12)19-16)25(23,24)20-7-5-13(6-8-20)21-11-17-10-18-21/h2-3,9-11,13H,1,4-8H2,(H,19,22). The summed E-state index contributed by atoms with van der Waals surface area (Å²) in [6, 6.07) is 5.13. The number of piperidine rings is 1. The second kappa shape index (κ2) is 6.23. The van der Waals surface area contributed by atoms with Crippen LogP contribution in [0.3, 0.4) is 0 Å². The molecule has 9 heteroatoms. The van der Waals surface area contributed by atoms with Crippen LogP contribution in [-0.2, 0) is 21.2 Å². The Hall–Kier alpha value is -2.26. The highest BCUT2D eigenvalue weighted by Crippen LogP contribution is 2.29. The summed E-state index contributed by atoms with van der Waals surface area (Å²) < 4.78 is 29.2. The van der Waals surface area contributed by atoms with Crippen LogP contribution in [0, 0.1) is 0 Å². The Morgan fingerprint density at radius 3 is 2.68 bits per heavy atom. The van der Waals surface area contributed by atoms with Crippen molar-refractivity contribution in [3.05, 3.63) is 36.4 Å². The average Bonchev–Trinajstić information content (AvgIpc) is 3.16. The van der Waals surface area contributed by atoms with Gasteiger partial charge in [-0.25, -0.2) is 18.1 Å². The molecule has 0 unspecified atom stereocenters. The van der Waals surface area contributed by atoms with Crippen molar-refractivity contribution in [1.29, 1.82) is 0 Å². The van der Waals surface area contributed by atoms with Gasteiger partial charge >= 0.3 is 0 Å². The summed E-state index contributed by atoms with van der Waals surface area (Å²) in [5, 5.41) is 6.92. The van der Waals surface area contributed by atoms with Gasteiger partial charge in [-0.05, 0) is 43.0 Å². The third-order valence-electron chi connectivity index (χ3n) is 4.84. The molecule has 0 bridgehead atoms. The van der Waals surface area contributed by atoms with E-state index in [2.05, 4.69) is 15.4 Å². The van der Waals surface area contributed by atoms with Crippen molar-refractivity contribution < 1.29 is 13.2 Å². The minimum Gasteiger partial charge on any atom is -0.326 e. The predicted octanol–water partition coefficient (Wildman–Crippen LogP) is 1.19. The molecule has 0 aliphatic carbocycles. The lowest BCUT2D eigenvalue weighted by atomic mass is 10.0. The van der Waals surface area contributed by atoms with E-state index in [1.54, 1.807) is 29.2 Å². The molecule has 1 aromatic heterocycles. The summed E-state index contributed by atoms with van der Waals surface area (Å²) in [5.74, 6) is -0.0294. The molecule has 132 valence electrons. The van der Waals surface area contributed by atoms with Gasteiger partial charge in [-0.2, -0.15) is 9.40 Å². The van der Waals surface area contributed by atoms with Crippen LogP contribution < -0.4 is 5.32 Å². The molecule has 1 aromatic carbocycles. The van der Waals surface area contributed by atoms with Crippen LogP contribution in [0.2, 0.25) is 0 Å². The molecule has 0 radical (unpaired) electrons. The second-order valence-corrected chi connectivity index (χ2v) is 8.32. The highest BCUT2D eigenvalue weighted by Gasteiger charge is 2.31. The predicted molar refractivity (Wildman–Crippen MR) is 90.4 cm³/mol. The largest absolute Gasteiger partial charge is 0.326 e. The van der Waals surface area contributed by atoms with Crippen LogP contribution in [-0.4, -0.2) is 46.5 Å². The number of nitrogens with one attached hydrogen (secondary N) is 1. The van der Waals surface area contributed by atoms with Crippen LogP contribution in [0.1, 0.15) is 30.9 Å². The van der Waals surface area contributed by atoms with E-state index in [1.165, 1.54) is 10.6 Å². The lowest BCUT2D eigenvalue weighted by Gasteiger charge is -2.31. The van der Waals surface area contributed by atoms with E-state index in [9.17, 15) is 13.2 Å². The molecule has 1 N–H and O–H groups in total. The summed E-state index contributed by atoms with van der Waals surface area (Å²) in [6.07, 6.45) is 5.55. The second-order valence-electron chi connectivity index (χ2n) is 6.38. The summed E-state index contributed by atoms with van der Waals surface area (Å²) in [7, 11) is -3.53. The third kappa shape index (κ3) is 3.05. The van der Waals surface area contributed by atoms with Gasteiger partial charge in [0, 0.05) is 25.2 Å². The van der Waals surface area contributed by atoms with Crippen molar-refractivity contribution in [3.63, 3.8) is 0 Å². The van der Waals surface area contributed by atoms with Gasteiger partial charge in [0.05, 0.1) is 10.9 Å². The summed E-state index contributed by atoms with van der Waals surface area (Å²) >= 11 is 0. The number of benzene rings is 1. The molecule has 1 fully saturated rings. The molecule has 1 saturated heterocycles. The lowest BCUT2D eigenvalue weighted by molar-refractivity contribution is -0.116. The average molecular weight is 361 g/mol. The van der Waals surface area contributed by atoms with Gasteiger partial charge in [-0.1, -0.05) is 0 Å². The Bertz CT molecular complexity index is 886. The zero-order chi connectivity index (χ0) is 17.4. The number of amides is 1. The number of aromatic nitrogens is 3. The van der Waals surface area contributed by atoms with Crippen molar-refractivity contribution in [3.8, 4) is 0 Å². The maximum atomic E-state index is 12.9. The van der Waals surface area contributed by atoms with E-state index in [4.69, 9.17) is 0 Å². The Labute approximate surface area is 145 Å². The van der Waals surface area contributed by atoms with Gasteiger partial charge in [0.25, 0.3) is 0 Å². The highest BCUT2D eigenvalue weighted by molar-refractivity contribution is 7.89. The highest BCUT2D eigenvalue weighted by atomic mass is 32.2. The number of carbonyl (C=O) groups is 1. The van der Waals surface area contributed by atoms with Gasteiger partial charge in [0.2, 0.25) is 15.9 Å². The smallest absolute Gasteiger partial charge is 0.243 e. The zero-order valence-electron chi connectivity index (χ0n) is 13.6. The van der Waals surface area contributed by atoms with E-state index in [-0.39, 0.29) is 11.9 Å². The molecule has 25 heavy (non-hydrogen) atoms. The summed E-state index contributed by atoms with van der Waals surface area (Å²) in [5.41, 5.74) is 1.58. The van der Waals surface area contributed by atoms with Gasteiger partial charge in [0.15, 0.2) is 0 Å². The maximum Gasteiger partial charge on any atom is 0.243 e.